The second-order valence-corrected chi connectivity index (χ2v) is 12.3. The van der Waals surface area contributed by atoms with Crippen LogP contribution in [-0.4, -0.2) is 68.7 Å². The lowest BCUT2D eigenvalue weighted by Gasteiger charge is -2.39. The molecule has 0 saturated carbocycles. The van der Waals surface area contributed by atoms with E-state index < -0.39 is 11.5 Å². The highest BCUT2D eigenvalue weighted by molar-refractivity contribution is 6.00. The molecule has 2 aliphatic heterocycles. The Kier molecular flexibility index (Phi) is 6.64. The van der Waals surface area contributed by atoms with E-state index in [0.717, 1.165) is 34.0 Å². The molecule has 2 aliphatic rings. The minimum Gasteiger partial charge on any atom is -0.351 e. The van der Waals surface area contributed by atoms with Crippen molar-refractivity contribution in [3.05, 3.63) is 89.9 Å². The Labute approximate surface area is 239 Å². The van der Waals surface area contributed by atoms with E-state index >= 15 is 0 Å². The first kappa shape index (κ1) is 26.7. The third kappa shape index (κ3) is 4.99. The fourth-order valence-electron chi connectivity index (χ4n) is 6.13. The third-order valence-electron chi connectivity index (χ3n) is 8.34. The van der Waals surface area contributed by atoms with Crippen molar-refractivity contribution in [2.75, 3.05) is 13.1 Å². The summed E-state index contributed by atoms with van der Waals surface area (Å²) in [5, 5.41) is 3.95. The first-order valence-corrected chi connectivity index (χ1v) is 14.1. The molecule has 2 aromatic carbocycles. The number of aryl methyl sites for hydroxylation is 1. The monoisotopic (exact) mass is 549 g/mol. The fourth-order valence-corrected chi connectivity index (χ4v) is 6.13. The number of benzene rings is 2. The van der Waals surface area contributed by atoms with Gasteiger partial charge < -0.3 is 20.1 Å². The van der Waals surface area contributed by atoms with Crippen LogP contribution in [0, 0.1) is 12.3 Å². The molecule has 8 nitrogen and oxygen atoms in total. The van der Waals surface area contributed by atoms with Gasteiger partial charge in [0.2, 0.25) is 5.91 Å². The number of piperazine rings is 1. The molecule has 4 heterocycles. The topological polar surface area (TPSA) is 98.4 Å². The number of hydrogen-bond acceptors (Lipinski definition) is 4. The number of H-pyrrole nitrogens is 1. The van der Waals surface area contributed by atoms with E-state index in [-0.39, 0.29) is 29.8 Å². The summed E-state index contributed by atoms with van der Waals surface area (Å²) >= 11 is 0. The van der Waals surface area contributed by atoms with Crippen molar-refractivity contribution in [3.8, 4) is 11.1 Å². The molecule has 2 aromatic heterocycles. The quantitative estimate of drug-likeness (QED) is 0.373. The van der Waals surface area contributed by atoms with Gasteiger partial charge in [0.05, 0.1) is 12.1 Å². The first-order valence-electron chi connectivity index (χ1n) is 14.1. The number of aromatic amines is 1. The van der Waals surface area contributed by atoms with Gasteiger partial charge in [-0.15, -0.1) is 0 Å². The molecule has 2 bridgehead atoms. The van der Waals surface area contributed by atoms with Crippen molar-refractivity contribution >= 4 is 28.6 Å². The van der Waals surface area contributed by atoms with E-state index in [1.165, 1.54) is 0 Å². The fraction of sp³-hybridized carbons (Fsp3) is 0.333. The lowest BCUT2D eigenvalue weighted by molar-refractivity contribution is -0.138. The van der Waals surface area contributed by atoms with Gasteiger partial charge in [0.15, 0.2) is 0 Å². The van der Waals surface area contributed by atoms with Gasteiger partial charge in [-0.2, -0.15) is 0 Å². The predicted molar refractivity (Wildman–Crippen MR) is 158 cm³/mol. The molecule has 8 heteroatoms. The molecule has 0 unspecified atom stereocenters. The molecule has 6 rings (SSSR count). The van der Waals surface area contributed by atoms with Crippen molar-refractivity contribution in [1.82, 2.24) is 25.1 Å². The van der Waals surface area contributed by atoms with Crippen LogP contribution in [-0.2, 0) is 4.79 Å². The molecule has 2 N–H and O–H groups in total. The summed E-state index contributed by atoms with van der Waals surface area (Å²) in [6, 6.07) is 20.6. The lowest BCUT2D eigenvalue weighted by Crippen LogP contribution is -2.59. The maximum absolute atomic E-state index is 13.9. The molecular formula is C33H35N5O3. The normalized spacial score (nSPS) is 19.0. The zero-order valence-electron chi connectivity index (χ0n) is 23.8. The zero-order chi connectivity index (χ0) is 28.9. The van der Waals surface area contributed by atoms with E-state index in [9.17, 15) is 14.4 Å². The highest BCUT2D eigenvalue weighted by Gasteiger charge is 2.50. The maximum Gasteiger partial charge on any atom is 0.273 e. The summed E-state index contributed by atoms with van der Waals surface area (Å²) < 4.78 is 0. The summed E-state index contributed by atoms with van der Waals surface area (Å²) in [7, 11) is 0. The SMILES string of the molecule is Cc1cc(-c2ccccc2)cnc1C(=O)N1C[C@@H]2C[C@H]1CN2C(=O)[C@@H](NC(=O)c1cc2ccccc2[nH]1)C(C)(C)C. The Balaban J connectivity index is 1.15. The predicted octanol–water partition coefficient (Wildman–Crippen LogP) is 4.81. The molecule has 0 aliphatic carbocycles. The van der Waals surface area contributed by atoms with E-state index in [0.29, 0.717) is 24.5 Å². The van der Waals surface area contributed by atoms with Gasteiger partial charge in [-0.3, -0.25) is 19.4 Å². The Morgan fingerprint density at radius 2 is 1.61 bits per heavy atom. The Bertz CT molecular complexity index is 1600. The van der Waals surface area contributed by atoms with Gasteiger partial charge in [-0.1, -0.05) is 69.3 Å². The summed E-state index contributed by atoms with van der Waals surface area (Å²) in [5.74, 6) is -0.514. The second kappa shape index (κ2) is 10.2. The van der Waals surface area contributed by atoms with Crippen LogP contribution in [0.1, 0.15) is 53.7 Å². The summed E-state index contributed by atoms with van der Waals surface area (Å²) in [4.78, 5) is 52.1. The van der Waals surface area contributed by atoms with Crippen LogP contribution in [0.25, 0.3) is 22.0 Å². The number of carbonyl (C=O) groups is 3. The van der Waals surface area contributed by atoms with Crippen LogP contribution in [0.2, 0.25) is 0 Å². The van der Waals surface area contributed by atoms with Gasteiger partial charge in [0.1, 0.15) is 17.4 Å². The van der Waals surface area contributed by atoms with Crippen LogP contribution < -0.4 is 5.32 Å². The Morgan fingerprint density at radius 1 is 0.927 bits per heavy atom. The summed E-state index contributed by atoms with van der Waals surface area (Å²) in [6.45, 7) is 8.70. The van der Waals surface area contributed by atoms with Crippen LogP contribution in [0.15, 0.2) is 72.9 Å². The van der Waals surface area contributed by atoms with E-state index in [2.05, 4.69) is 15.3 Å². The highest BCUT2D eigenvalue weighted by atomic mass is 16.2. The lowest BCUT2D eigenvalue weighted by atomic mass is 9.85. The standard InChI is InChI=1S/C33H35N5O3/c1-20-14-23(21-10-6-5-7-11-21)17-34-28(20)31(40)37-18-25-16-24(37)19-38(25)32(41)29(33(2,3)4)36-30(39)27-15-22-12-8-9-13-26(22)35-27/h5-15,17,24-25,29,35H,16,18-19H2,1-4H3,(H,36,39)/t24-,25-,29+/m0/s1. The van der Waals surface area contributed by atoms with Gasteiger partial charge in [-0.25, -0.2) is 0 Å². The minimum atomic E-state index is -0.709. The number of rotatable bonds is 5. The van der Waals surface area contributed by atoms with Crippen molar-refractivity contribution in [1.29, 1.82) is 0 Å². The second-order valence-electron chi connectivity index (χ2n) is 12.3. The Hall–Kier alpha value is -4.46. The zero-order valence-corrected chi connectivity index (χ0v) is 23.8. The molecule has 210 valence electrons. The number of para-hydroxylation sites is 1. The van der Waals surface area contributed by atoms with Crippen molar-refractivity contribution in [2.24, 2.45) is 5.41 Å². The molecule has 41 heavy (non-hydrogen) atoms. The molecule has 4 aromatic rings. The number of nitrogens with zero attached hydrogens (tertiary/aromatic N) is 3. The summed E-state index contributed by atoms with van der Waals surface area (Å²) in [6.07, 6.45) is 2.48. The number of likely N-dealkylation sites (tertiary alicyclic amines) is 2. The maximum atomic E-state index is 13.9. The number of fused-ring (bicyclic) bond motifs is 3. The van der Waals surface area contributed by atoms with Crippen LogP contribution in [0.4, 0.5) is 0 Å². The number of aromatic nitrogens is 2. The summed E-state index contributed by atoms with van der Waals surface area (Å²) in [5.41, 5.74) is 4.11. The number of hydrogen-bond donors (Lipinski definition) is 2. The number of pyridine rings is 1. The number of nitrogens with one attached hydrogen (secondary N) is 2. The smallest absolute Gasteiger partial charge is 0.273 e. The van der Waals surface area contributed by atoms with Crippen molar-refractivity contribution in [2.45, 2.75) is 52.2 Å². The van der Waals surface area contributed by atoms with Crippen molar-refractivity contribution in [3.63, 3.8) is 0 Å². The van der Waals surface area contributed by atoms with Gasteiger partial charge in [0, 0.05) is 35.8 Å². The van der Waals surface area contributed by atoms with Gasteiger partial charge in [-0.05, 0) is 48.1 Å². The van der Waals surface area contributed by atoms with E-state index in [1.54, 1.807) is 12.3 Å². The van der Waals surface area contributed by atoms with Crippen LogP contribution >= 0.6 is 0 Å². The van der Waals surface area contributed by atoms with Crippen LogP contribution in [0.3, 0.4) is 0 Å². The number of amides is 3. The molecule has 3 atom stereocenters. The molecule has 2 saturated heterocycles. The largest absolute Gasteiger partial charge is 0.351 e. The molecule has 2 fully saturated rings. The highest BCUT2D eigenvalue weighted by Crippen LogP contribution is 2.34. The molecule has 0 radical (unpaired) electrons. The molecule has 3 amide bonds. The van der Waals surface area contributed by atoms with E-state index in [4.69, 9.17) is 0 Å². The van der Waals surface area contributed by atoms with Gasteiger partial charge >= 0.3 is 0 Å². The van der Waals surface area contributed by atoms with Crippen molar-refractivity contribution < 1.29 is 14.4 Å². The average molecular weight is 550 g/mol. The molecule has 0 spiro atoms. The van der Waals surface area contributed by atoms with E-state index in [1.807, 2.05) is 98.2 Å². The van der Waals surface area contributed by atoms with Gasteiger partial charge in [0.25, 0.3) is 11.8 Å². The average Bonchev–Trinajstić information content (AvgIpc) is 3.69. The Morgan fingerprint density at radius 3 is 2.27 bits per heavy atom. The number of carbonyl (C=O) groups excluding carboxylic acids is 3. The minimum absolute atomic E-state index is 0.0727. The van der Waals surface area contributed by atoms with Crippen LogP contribution in [0.5, 0.6) is 0 Å². The first-order chi connectivity index (χ1) is 19.6. The molecular weight excluding hydrogens is 514 g/mol. The third-order valence-corrected chi connectivity index (χ3v) is 8.34.